The van der Waals surface area contributed by atoms with Crippen molar-refractivity contribution in [1.29, 1.82) is 0 Å². The normalized spacial score (nSPS) is 29.8. The lowest BCUT2D eigenvalue weighted by Crippen LogP contribution is -2.48. The summed E-state index contributed by atoms with van der Waals surface area (Å²) in [6.07, 6.45) is 7.55. The quantitative estimate of drug-likeness (QED) is 0.680. The highest BCUT2D eigenvalue weighted by Gasteiger charge is 2.53. The minimum Gasteiger partial charge on any atom is -0.300 e. The zero-order valence-electron chi connectivity index (χ0n) is 16.5. The molecule has 0 spiro atoms. The third-order valence-electron chi connectivity index (χ3n) is 6.93. The smallest absolute Gasteiger partial charge is 0.227 e. The van der Waals surface area contributed by atoms with Gasteiger partial charge < -0.3 is 5.32 Å². The Labute approximate surface area is 185 Å². The molecule has 160 valence electrons. The number of amides is 1. The molecule has 1 N–H and O–H groups in total. The predicted molar refractivity (Wildman–Crippen MR) is 117 cm³/mol. The number of sulfone groups is 1. The van der Waals surface area contributed by atoms with Crippen LogP contribution in [0.2, 0.25) is 5.02 Å². The first-order chi connectivity index (χ1) is 14.3. The summed E-state index contributed by atoms with van der Waals surface area (Å²) >= 11 is 7.27. The van der Waals surface area contributed by atoms with Crippen LogP contribution in [-0.4, -0.2) is 30.3 Å². The highest BCUT2D eigenvalue weighted by molar-refractivity contribution is 7.91. The molecule has 4 saturated carbocycles. The Bertz CT molecular complexity index is 1030. The van der Waals surface area contributed by atoms with Crippen LogP contribution < -0.4 is 5.32 Å². The highest BCUT2D eigenvalue weighted by Crippen LogP contribution is 2.61. The lowest BCUT2D eigenvalue weighted by atomic mass is 9.50. The van der Waals surface area contributed by atoms with Gasteiger partial charge in [0.1, 0.15) is 5.01 Å². The van der Waals surface area contributed by atoms with Crippen LogP contribution in [0.15, 0.2) is 29.2 Å². The number of hydrogen-bond acceptors (Lipinski definition) is 6. The zero-order chi connectivity index (χ0) is 20.9. The van der Waals surface area contributed by atoms with Crippen LogP contribution in [0.5, 0.6) is 0 Å². The van der Waals surface area contributed by atoms with Crippen molar-refractivity contribution < 1.29 is 13.2 Å². The number of halogens is 1. The van der Waals surface area contributed by atoms with Crippen molar-refractivity contribution in [2.24, 2.45) is 17.8 Å². The molecule has 4 bridgehead atoms. The SMILES string of the molecule is O=C(CCS(=O)(=O)c1ccc(Cl)cc1)Nc1nnc(C23CC4CC(CC(C4)C2)C3)s1. The summed E-state index contributed by atoms with van der Waals surface area (Å²) in [6, 6.07) is 5.97. The fourth-order valence-electron chi connectivity index (χ4n) is 6.03. The molecule has 30 heavy (non-hydrogen) atoms. The van der Waals surface area contributed by atoms with Gasteiger partial charge in [0, 0.05) is 16.9 Å². The molecule has 6 nitrogen and oxygen atoms in total. The van der Waals surface area contributed by atoms with Crippen molar-refractivity contribution in [3.05, 3.63) is 34.3 Å². The molecule has 0 radical (unpaired) electrons. The first-order valence-corrected chi connectivity index (χ1v) is 13.3. The second kappa shape index (κ2) is 7.57. The molecule has 9 heteroatoms. The van der Waals surface area contributed by atoms with Gasteiger partial charge in [0.25, 0.3) is 0 Å². The van der Waals surface area contributed by atoms with Gasteiger partial charge in [0.2, 0.25) is 11.0 Å². The molecule has 0 aliphatic heterocycles. The molecular formula is C21H24ClN3O3S2. The standard InChI is InChI=1S/C21H24ClN3O3S2/c22-16-1-3-17(4-2-16)30(27,28)6-5-18(26)23-20-25-24-19(29-20)21-10-13-7-14(11-21)9-15(8-13)12-21/h1-4,13-15H,5-12H2,(H,23,25,26). The zero-order valence-corrected chi connectivity index (χ0v) is 18.9. The number of anilines is 1. The predicted octanol–water partition coefficient (Wildman–Crippen LogP) is 4.46. The van der Waals surface area contributed by atoms with Crippen molar-refractivity contribution in [3.63, 3.8) is 0 Å². The fourth-order valence-corrected chi connectivity index (χ4v) is 8.37. The van der Waals surface area contributed by atoms with Crippen LogP contribution in [0.4, 0.5) is 5.13 Å². The Kier molecular flexibility index (Phi) is 5.14. The third kappa shape index (κ3) is 3.89. The molecule has 4 fully saturated rings. The van der Waals surface area contributed by atoms with E-state index in [1.54, 1.807) is 0 Å². The van der Waals surface area contributed by atoms with Gasteiger partial charge >= 0.3 is 0 Å². The number of carbonyl (C=O) groups is 1. The summed E-state index contributed by atoms with van der Waals surface area (Å²) in [5.74, 6) is 1.82. The minimum absolute atomic E-state index is 0.128. The summed E-state index contributed by atoms with van der Waals surface area (Å²) in [4.78, 5) is 12.5. The Morgan fingerprint density at radius 1 is 1.07 bits per heavy atom. The molecule has 4 aliphatic carbocycles. The van der Waals surface area contributed by atoms with Crippen molar-refractivity contribution in [2.75, 3.05) is 11.1 Å². The monoisotopic (exact) mass is 465 g/mol. The van der Waals surface area contributed by atoms with Gasteiger partial charge in [-0.25, -0.2) is 8.42 Å². The van der Waals surface area contributed by atoms with Crippen molar-refractivity contribution >= 4 is 43.8 Å². The first-order valence-electron chi connectivity index (χ1n) is 10.4. The Hall–Kier alpha value is -1.51. The van der Waals surface area contributed by atoms with E-state index in [0.717, 1.165) is 22.8 Å². The second-order valence-electron chi connectivity index (χ2n) is 9.18. The molecule has 6 rings (SSSR count). The molecule has 0 unspecified atom stereocenters. The third-order valence-corrected chi connectivity index (χ3v) is 10.0. The topological polar surface area (TPSA) is 89.0 Å². The number of hydrogen-bond donors (Lipinski definition) is 1. The van der Waals surface area contributed by atoms with Gasteiger partial charge in [-0.2, -0.15) is 0 Å². The summed E-state index contributed by atoms with van der Waals surface area (Å²) < 4.78 is 24.8. The van der Waals surface area contributed by atoms with E-state index in [1.165, 1.54) is 74.1 Å². The maximum atomic E-state index is 12.4. The summed E-state index contributed by atoms with van der Waals surface area (Å²) in [6.45, 7) is 0. The summed E-state index contributed by atoms with van der Waals surface area (Å²) in [5.41, 5.74) is 0.146. The van der Waals surface area contributed by atoms with Crippen LogP contribution in [0, 0.1) is 17.8 Å². The average Bonchev–Trinajstić information content (AvgIpc) is 3.15. The number of nitrogens with one attached hydrogen (secondary N) is 1. The molecular weight excluding hydrogens is 442 g/mol. The van der Waals surface area contributed by atoms with E-state index in [-0.39, 0.29) is 28.4 Å². The number of benzene rings is 1. The molecule has 1 aromatic carbocycles. The van der Waals surface area contributed by atoms with E-state index in [4.69, 9.17) is 11.6 Å². The first kappa shape index (κ1) is 20.4. The van der Waals surface area contributed by atoms with Gasteiger partial charge in [-0.3, -0.25) is 4.79 Å². The van der Waals surface area contributed by atoms with E-state index in [2.05, 4.69) is 15.5 Å². The lowest BCUT2D eigenvalue weighted by molar-refractivity contribution is -0.115. The number of carbonyl (C=O) groups excluding carboxylic acids is 1. The van der Waals surface area contributed by atoms with Gasteiger partial charge in [0.05, 0.1) is 10.6 Å². The molecule has 1 aromatic heterocycles. The number of aromatic nitrogens is 2. The van der Waals surface area contributed by atoms with Gasteiger partial charge in [-0.05, 0) is 80.5 Å². The fraction of sp³-hybridized carbons (Fsp3) is 0.571. The largest absolute Gasteiger partial charge is 0.300 e. The van der Waals surface area contributed by atoms with E-state index in [0.29, 0.717) is 10.2 Å². The van der Waals surface area contributed by atoms with Crippen molar-refractivity contribution in [3.8, 4) is 0 Å². The number of nitrogens with zero attached hydrogens (tertiary/aromatic N) is 2. The molecule has 0 atom stereocenters. The molecule has 2 aromatic rings. The summed E-state index contributed by atoms with van der Waals surface area (Å²) in [5, 5.41) is 13.4. The van der Waals surface area contributed by atoms with E-state index in [9.17, 15) is 13.2 Å². The minimum atomic E-state index is -3.54. The molecule has 4 aliphatic rings. The Balaban J connectivity index is 1.22. The van der Waals surface area contributed by atoms with E-state index >= 15 is 0 Å². The second-order valence-corrected chi connectivity index (χ2v) is 12.7. The van der Waals surface area contributed by atoms with Gasteiger partial charge in [-0.1, -0.05) is 22.9 Å². The van der Waals surface area contributed by atoms with Crippen LogP contribution >= 0.6 is 22.9 Å². The highest BCUT2D eigenvalue weighted by atomic mass is 35.5. The average molecular weight is 466 g/mol. The van der Waals surface area contributed by atoms with Crippen LogP contribution in [0.1, 0.15) is 50.0 Å². The van der Waals surface area contributed by atoms with Crippen molar-refractivity contribution in [1.82, 2.24) is 10.2 Å². The van der Waals surface area contributed by atoms with Crippen LogP contribution in [-0.2, 0) is 20.0 Å². The van der Waals surface area contributed by atoms with E-state index in [1.807, 2.05) is 0 Å². The maximum Gasteiger partial charge on any atom is 0.227 e. The van der Waals surface area contributed by atoms with E-state index < -0.39 is 9.84 Å². The number of rotatable bonds is 6. The molecule has 1 heterocycles. The van der Waals surface area contributed by atoms with Crippen LogP contribution in [0.25, 0.3) is 0 Å². The van der Waals surface area contributed by atoms with Gasteiger partial charge in [-0.15, -0.1) is 10.2 Å². The Morgan fingerprint density at radius 2 is 1.67 bits per heavy atom. The van der Waals surface area contributed by atoms with Crippen LogP contribution in [0.3, 0.4) is 0 Å². The lowest BCUT2D eigenvalue weighted by Gasteiger charge is -2.55. The van der Waals surface area contributed by atoms with Crippen molar-refractivity contribution in [2.45, 2.75) is 55.3 Å². The molecule has 0 saturated heterocycles. The maximum absolute atomic E-state index is 12.4. The Morgan fingerprint density at radius 3 is 2.27 bits per heavy atom. The summed E-state index contributed by atoms with van der Waals surface area (Å²) in [7, 11) is -3.54. The van der Waals surface area contributed by atoms with Gasteiger partial charge in [0.15, 0.2) is 9.84 Å². The molecule has 1 amide bonds.